The SMILES string of the molecule is O=C(Cn1c(C(F)(F)F)nc2ccccc21)NCC1(O)CCCC1. The molecule has 1 amide bonds. The van der Waals surface area contributed by atoms with E-state index in [4.69, 9.17) is 0 Å². The van der Waals surface area contributed by atoms with E-state index in [0.717, 1.165) is 17.4 Å². The summed E-state index contributed by atoms with van der Waals surface area (Å²) in [5.74, 6) is -1.68. The van der Waals surface area contributed by atoms with E-state index >= 15 is 0 Å². The average Bonchev–Trinajstić information content (AvgIpc) is 3.10. The summed E-state index contributed by atoms with van der Waals surface area (Å²) in [5, 5.41) is 12.7. The number of rotatable bonds is 4. The normalized spacial score (nSPS) is 17.3. The Hall–Kier alpha value is -2.09. The number of hydrogen-bond acceptors (Lipinski definition) is 3. The molecule has 8 heteroatoms. The van der Waals surface area contributed by atoms with Crippen molar-refractivity contribution in [3.05, 3.63) is 30.1 Å². The molecule has 130 valence electrons. The van der Waals surface area contributed by atoms with Gasteiger partial charge in [-0.1, -0.05) is 25.0 Å². The minimum Gasteiger partial charge on any atom is -0.388 e. The standard InChI is InChI=1S/C16H18F3N3O2/c17-16(18,19)14-21-11-5-1-2-6-12(11)22(14)9-13(23)20-10-15(24)7-3-4-8-15/h1-2,5-6,24H,3-4,7-10H2,(H,20,23). The molecule has 1 aliphatic carbocycles. The van der Waals surface area contributed by atoms with Crippen LogP contribution in [0.5, 0.6) is 0 Å². The fourth-order valence-corrected chi connectivity index (χ4v) is 3.12. The maximum absolute atomic E-state index is 13.2. The first kappa shape index (κ1) is 16.8. The summed E-state index contributed by atoms with van der Waals surface area (Å²) in [4.78, 5) is 15.7. The third-order valence-corrected chi connectivity index (χ3v) is 4.36. The molecule has 3 rings (SSSR count). The first-order valence-electron chi connectivity index (χ1n) is 7.80. The summed E-state index contributed by atoms with van der Waals surface area (Å²) in [6.45, 7) is -0.439. The zero-order valence-corrected chi connectivity index (χ0v) is 12.9. The molecular weight excluding hydrogens is 323 g/mol. The summed E-state index contributed by atoms with van der Waals surface area (Å²) in [7, 11) is 0. The number of carbonyl (C=O) groups excluding carboxylic acids is 1. The van der Waals surface area contributed by atoms with E-state index in [0.29, 0.717) is 12.8 Å². The van der Waals surface area contributed by atoms with Gasteiger partial charge in [0, 0.05) is 6.54 Å². The van der Waals surface area contributed by atoms with Crippen molar-refractivity contribution in [3.8, 4) is 0 Å². The second-order valence-electron chi connectivity index (χ2n) is 6.22. The third kappa shape index (κ3) is 3.38. The third-order valence-electron chi connectivity index (χ3n) is 4.36. The molecule has 0 atom stereocenters. The molecule has 1 saturated carbocycles. The van der Waals surface area contributed by atoms with Gasteiger partial charge in [-0.3, -0.25) is 4.79 Å². The van der Waals surface area contributed by atoms with E-state index in [-0.39, 0.29) is 17.6 Å². The van der Waals surface area contributed by atoms with Gasteiger partial charge >= 0.3 is 6.18 Å². The molecule has 1 fully saturated rings. The summed E-state index contributed by atoms with van der Waals surface area (Å²) in [6, 6.07) is 6.16. The van der Waals surface area contributed by atoms with E-state index in [9.17, 15) is 23.1 Å². The van der Waals surface area contributed by atoms with Crippen molar-refractivity contribution in [1.82, 2.24) is 14.9 Å². The van der Waals surface area contributed by atoms with Crippen LogP contribution < -0.4 is 5.32 Å². The lowest BCUT2D eigenvalue weighted by Gasteiger charge is -2.22. The predicted octanol–water partition coefficient (Wildman–Crippen LogP) is 2.48. The van der Waals surface area contributed by atoms with Crippen molar-refractivity contribution in [2.75, 3.05) is 6.54 Å². The Labute approximate surface area is 136 Å². The quantitative estimate of drug-likeness (QED) is 0.898. The molecule has 0 spiro atoms. The van der Waals surface area contributed by atoms with E-state index in [1.807, 2.05) is 0 Å². The zero-order chi connectivity index (χ0) is 17.4. The van der Waals surface area contributed by atoms with Gasteiger partial charge in [-0.15, -0.1) is 0 Å². The first-order valence-corrected chi connectivity index (χ1v) is 7.80. The van der Waals surface area contributed by atoms with Crippen molar-refractivity contribution in [2.45, 2.75) is 44.0 Å². The van der Waals surface area contributed by atoms with Crippen LogP contribution in [-0.4, -0.2) is 32.7 Å². The number of aliphatic hydroxyl groups is 1. The van der Waals surface area contributed by atoms with Crippen LogP contribution in [-0.2, 0) is 17.5 Å². The molecule has 0 saturated heterocycles. The van der Waals surface area contributed by atoms with Crippen LogP contribution >= 0.6 is 0 Å². The number of alkyl halides is 3. The number of hydrogen-bond donors (Lipinski definition) is 2. The number of benzene rings is 1. The average molecular weight is 341 g/mol. The smallest absolute Gasteiger partial charge is 0.388 e. The van der Waals surface area contributed by atoms with Crippen LogP contribution in [0.3, 0.4) is 0 Å². The van der Waals surface area contributed by atoms with Crippen molar-refractivity contribution in [3.63, 3.8) is 0 Å². The Bertz CT molecular complexity index is 749. The highest BCUT2D eigenvalue weighted by molar-refractivity contribution is 5.81. The number of amides is 1. The molecule has 1 aromatic heterocycles. The van der Waals surface area contributed by atoms with Gasteiger partial charge in [-0.25, -0.2) is 4.98 Å². The van der Waals surface area contributed by atoms with Gasteiger partial charge in [-0.2, -0.15) is 13.2 Å². The van der Waals surface area contributed by atoms with Crippen LogP contribution in [0.1, 0.15) is 31.5 Å². The second-order valence-corrected chi connectivity index (χ2v) is 6.22. The molecule has 2 N–H and O–H groups in total. The maximum Gasteiger partial charge on any atom is 0.449 e. The van der Waals surface area contributed by atoms with Gasteiger partial charge in [0.25, 0.3) is 0 Å². The number of aromatic nitrogens is 2. The number of fused-ring (bicyclic) bond motifs is 1. The van der Waals surface area contributed by atoms with Gasteiger partial charge in [0.15, 0.2) is 0 Å². The maximum atomic E-state index is 13.2. The summed E-state index contributed by atoms with van der Waals surface area (Å²) < 4.78 is 40.4. The van der Waals surface area contributed by atoms with Crippen LogP contribution in [0.4, 0.5) is 13.2 Å². The van der Waals surface area contributed by atoms with Gasteiger partial charge in [-0.05, 0) is 25.0 Å². The predicted molar refractivity (Wildman–Crippen MR) is 81.2 cm³/mol. The topological polar surface area (TPSA) is 67.2 Å². The van der Waals surface area contributed by atoms with Gasteiger partial charge < -0.3 is 15.0 Å². The lowest BCUT2D eigenvalue weighted by Crippen LogP contribution is -2.42. The van der Waals surface area contributed by atoms with E-state index in [1.165, 1.54) is 12.1 Å². The lowest BCUT2D eigenvalue weighted by atomic mass is 10.0. The van der Waals surface area contributed by atoms with Crippen molar-refractivity contribution < 1.29 is 23.1 Å². The Morgan fingerprint density at radius 2 is 1.96 bits per heavy atom. The molecular formula is C16H18F3N3O2. The number of nitrogens with one attached hydrogen (secondary N) is 1. The van der Waals surface area contributed by atoms with Gasteiger partial charge in [0.05, 0.1) is 16.6 Å². The number of halogens is 3. The molecule has 0 unspecified atom stereocenters. The van der Waals surface area contributed by atoms with Gasteiger partial charge in [0.2, 0.25) is 11.7 Å². The number of nitrogens with zero attached hydrogens (tertiary/aromatic N) is 2. The van der Waals surface area contributed by atoms with Crippen molar-refractivity contribution >= 4 is 16.9 Å². The zero-order valence-electron chi connectivity index (χ0n) is 12.9. The Balaban J connectivity index is 1.79. The minimum atomic E-state index is -4.65. The molecule has 24 heavy (non-hydrogen) atoms. The molecule has 1 aliphatic rings. The monoisotopic (exact) mass is 341 g/mol. The molecule has 0 bridgehead atoms. The highest BCUT2D eigenvalue weighted by Crippen LogP contribution is 2.31. The number of para-hydroxylation sites is 2. The van der Waals surface area contributed by atoms with Crippen molar-refractivity contribution in [1.29, 1.82) is 0 Å². The van der Waals surface area contributed by atoms with E-state index < -0.39 is 30.1 Å². The Morgan fingerprint density at radius 3 is 2.62 bits per heavy atom. The fourth-order valence-electron chi connectivity index (χ4n) is 3.12. The van der Waals surface area contributed by atoms with E-state index in [1.54, 1.807) is 12.1 Å². The summed E-state index contributed by atoms with van der Waals surface area (Å²) in [5.41, 5.74) is -0.508. The molecule has 5 nitrogen and oxygen atoms in total. The lowest BCUT2D eigenvalue weighted by molar-refractivity contribution is -0.147. The molecule has 0 aliphatic heterocycles. The minimum absolute atomic E-state index is 0.0554. The summed E-state index contributed by atoms with van der Waals surface area (Å²) >= 11 is 0. The van der Waals surface area contributed by atoms with Crippen LogP contribution in [0.15, 0.2) is 24.3 Å². The van der Waals surface area contributed by atoms with E-state index in [2.05, 4.69) is 10.3 Å². The largest absolute Gasteiger partial charge is 0.449 e. The fraction of sp³-hybridized carbons (Fsp3) is 0.500. The number of carbonyl (C=O) groups is 1. The van der Waals surface area contributed by atoms with Crippen LogP contribution in [0, 0.1) is 0 Å². The number of imidazole rings is 1. The van der Waals surface area contributed by atoms with Crippen LogP contribution in [0.2, 0.25) is 0 Å². The molecule has 1 aromatic carbocycles. The van der Waals surface area contributed by atoms with Crippen LogP contribution in [0.25, 0.3) is 11.0 Å². The molecule has 1 heterocycles. The van der Waals surface area contributed by atoms with Gasteiger partial charge in [0.1, 0.15) is 6.54 Å². The summed E-state index contributed by atoms with van der Waals surface area (Å²) in [6.07, 6.45) is -1.69. The Kier molecular flexibility index (Phi) is 4.25. The highest BCUT2D eigenvalue weighted by atomic mass is 19.4. The molecule has 2 aromatic rings. The Morgan fingerprint density at radius 1 is 1.29 bits per heavy atom. The van der Waals surface area contributed by atoms with Crippen molar-refractivity contribution in [2.24, 2.45) is 0 Å². The first-order chi connectivity index (χ1) is 11.3. The molecule has 0 radical (unpaired) electrons. The highest BCUT2D eigenvalue weighted by Gasteiger charge is 2.38. The second kappa shape index (κ2) is 6.08.